The van der Waals surface area contributed by atoms with Crippen molar-refractivity contribution in [3.8, 4) is 5.75 Å². The number of phenolic OH excluding ortho intramolecular Hbond substituents is 1. The summed E-state index contributed by atoms with van der Waals surface area (Å²) in [6, 6.07) is 1.64. The van der Waals surface area contributed by atoms with Gasteiger partial charge in [0.05, 0.1) is 13.2 Å². The fraction of sp³-hybridized carbons (Fsp3) is 0.250. The van der Waals surface area contributed by atoms with Crippen LogP contribution in [-0.2, 0) is 0 Å². The van der Waals surface area contributed by atoms with E-state index in [1.54, 1.807) is 0 Å². The maximum atomic E-state index is 12.3. The normalized spacial score (nSPS) is 13.3. The van der Waals surface area contributed by atoms with E-state index in [0.717, 1.165) is 0 Å². The summed E-state index contributed by atoms with van der Waals surface area (Å²) in [5, 5.41) is 9.41. The summed E-state index contributed by atoms with van der Waals surface area (Å²) in [4.78, 5) is 0. The van der Waals surface area contributed by atoms with Crippen LogP contribution in [-0.4, -0.2) is 11.5 Å². The molecule has 0 saturated carbocycles. The number of phenols is 1. The van der Waals surface area contributed by atoms with Gasteiger partial charge in [0.2, 0.25) is 0 Å². The van der Waals surface area contributed by atoms with Gasteiger partial charge in [-0.2, -0.15) is 0 Å². The highest BCUT2D eigenvalue weighted by molar-refractivity contribution is 14.1. The average Bonchev–Trinajstić information content (AvgIpc) is 2.12. The topological polar surface area (TPSA) is 46.2 Å². The van der Waals surface area contributed by atoms with Crippen LogP contribution in [0.15, 0.2) is 12.1 Å². The second-order valence-corrected chi connectivity index (χ2v) is 5.02. The predicted octanol–water partition coefficient (Wildman–Crippen LogP) is 2.87. The molecule has 0 fully saturated rings. The lowest BCUT2D eigenvalue weighted by Gasteiger charge is -2.12. The van der Waals surface area contributed by atoms with Crippen molar-refractivity contribution in [1.82, 2.24) is 0 Å². The molecular formula is C8H7F2I2NO. The number of hydrogen-bond acceptors (Lipinski definition) is 2. The van der Waals surface area contributed by atoms with Crippen LogP contribution < -0.4 is 5.73 Å². The van der Waals surface area contributed by atoms with Crippen molar-refractivity contribution in [3.63, 3.8) is 0 Å². The number of benzene rings is 1. The van der Waals surface area contributed by atoms with E-state index >= 15 is 0 Å². The van der Waals surface area contributed by atoms with Gasteiger partial charge in [0, 0.05) is 0 Å². The molecule has 6 heteroatoms. The molecule has 1 rings (SSSR count). The quantitative estimate of drug-likeness (QED) is 0.717. The molecule has 78 valence electrons. The van der Waals surface area contributed by atoms with Crippen LogP contribution in [0.1, 0.15) is 11.6 Å². The van der Waals surface area contributed by atoms with Crippen LogP contribution in [0.25, 0.3) is 0 Å². The van der Waals surface area contributed by atoms with Crippen molar-refractivity contribution < 1.29 is 13.9 Å². The van der Waals surface area contributed by atoms with Gasteiger partial charge in [0.1, 0.15) is 5.75 Å². The summed E-state index contributed by atoms with van der Waals surface area (Å²) >= 11 is 3.75. The zero-order chi connectivity index (χ0) is 10.9. The van der Waals surface area contributed by atoms with Crippen LogP contribution in [0.2, 0.25) is 0 Å². The minimum absolute atomic E-state index is 0.108. The van der Waals surface area contributed by atoms with Gasteiger partial charge in [-0.05, 0) is 62.9 Å². The fourth-order valence-corrected chi connectivity index (χ4v) is 2.74. The van der Waals surface area contributed by atoms with E-state index in [0.29, 0.717) is 12.7 Å². The van der Waals surface area contributed by atoms with Gasteiger partial charge in [0.15, 0.2) is 0 Å². The standard InChI is InChI=1S/C8H7F2I2NO/c9-8(10)6(13)3-1-4(11)7(14)5(12)2-3/h1-2,6,8,14H,13H2/t6-/m0/s1. The molecule has 0 heterocycles. The first-order valence-corrected chi connectivity index (χ1v) is 5.81. The number of alkyl halides is 2. The first kappa shape index (κ1) is 12.4. The zero-order valence-electron chi connectivity index (χ0n) is 6.85. The third-order valence-electron chi connectivity index (χ3n) is 1.70. The van der Waals surface area contributed by atoms with E-state index in [-0.39, 0.29) is 5.75 Å². The lowest BCUT2D eigenvalue weighted by atomic mass is 10.1. The van der Waals surface area contributed by atoms with E-state index in [1.165, 1.54) is 12.1 Å². The Kier molecular flexibility index (Phi) is 4.31. The Labute approximate surface area is 107 Å². The molecule has 0 radical (unpaired) electrons. The highest BCUT2D eigenvalue weighted by atomic mass is 127. The molecule has 0 amide bonds. The maximum absolute atomic E-state index is 12.3. The highest BCUT2D eigenvalue weighted by Gasteiger charge is 2.19. The molecule has 0 aliphatic heterocycles. The van der Waals surface area contributed by atoms with Crippen LogP contribution in [0.3, 0.4) is 0 Å². The Morgan fingerprint density at radius 1 is 1.21 bits per heavy atom. The summed E-state index contributed by atoms with van der Waals surface area (Å²) in [7, 11) is 0. The van der Waals surface area contributed by atoms with Gasteiger partial charge < -0.3 is 10.8 Å². The first-order chi connectivity index (χ1) is 6.43. The molecule has 1 aromatic rings. The predicted molar refractivity (Wildman–Crippen MR) is 66.5 cm³/mol. The van der Waals surface area contributed by atoms with E-state index in [4.69, 9.17) is 5.73 Å². The van der Waals surface area contributed by atoms with Gasteiger partial charge in [-0.25, -0.2) is 8.78 Å². The largest absolute Gasteiger partial charge is 0.506 e. The minimum Gasteiger partial charge on any atom is -0.506 e. The lowest BCUT2D eigenvalue weighted by molar-refractivity contribution is 0.116. The molecule has 0 bridgehead atoms. The van der Waals surface area contributed by atoms with Gasteiger partial charge in [-0.1, -0.05) is 0 Å². The Hall–Kier alpha value is 0.300. The van der Waals surface area contributed by atoms with Crippen molar-refractivity contribution in [2.75, 3.05) is 0 Å². The van der Waals surface area contributed by atoms with Gasteiger partial charge in [-0.3, -0.25) is 0 Å². The number of nitrogens with two attached hydrogens (primary N) is 1. The molecule has 0 unspecified atom stereocenters. The second-order valence-electron chi connectivity index (χ2n) is 2.69. The molecule has 0 aliphatic carbocycles. The lowest BCUT2D eigenvalue weighted by Crippen LogP contribution is -2.19. The first-order valence-electron chi connectivity index (χ1n) is 3.65. The van der Waals surface area contributed by atoms with Crippen molar-refractivity contribution in [2.45, 2.75) is 12.5 Å². The monoisotopic (exact) mass is 425 g/mol. The summed E-state index contributed by atoms with van der Waals surface area (Å²) in [6.07, 6.45) is -2.59. The number of rotatable bonds is 2. The van der Waals surface area contributed by atoms with Crippen LogP contribution in [0.5, 0.6) is 5.75 Å². The van der Waals surface area contributed by atoms with Gasteiger partial charge in [0.25, 0.3) is 6.43 Å². The van der Waals surface area contributed by atoms with Gasteiger partial charge >= 0.3 is 0 Å². The second kappa shape index (κ2) is 4.88. The Bertz CT molecular complexity index is 323. The average molecular weight is 425 g/mol. The number of hydrogen-bond donors (Lipinski definition) is 2. The Balaban J connectivity index is 3.12. The van der Waals surface area contributed by atoms with E-state index in [9.17, 15) is 13.9 Å². The van der Waals surface area contributed by atoms with E-state index in [1.807, 2.05) is 45.2 Å². The van der Waals surface area contributed by atoms with E-state index < -0.39 is 12.5 Å². The molecule has 1 atom stereocenters. The molecule has 2 nitrogen and oxygen atoms in total. The third-order valence-corrected chi connectivity index (χ3v) is 3.34. The van der Waals surface area contributed by atoms with Crippen molar-refractivity contribution in [1.29, 1.82) is 0 Å². The van der Waals surface area contributed by atoms with Crippen LogP contribution >= 0.6 is 45.2 Å². The van der Waals surface area contributed by atoms with Gasteiger partial charge in [-0.15, -0.1) is 0 Å². The van der Waals surface area contributed by atoms with E-state index in [2.05, 4.69) is 0 Å². The van der Waals surface area contributed by atoms with Crippen LogP contribution in [0.4, 0.5) is 8.78 Å². The maximum Gasteiger partial charge on any atom is 0.257 e. The SMILES string of the molecule is N[C@@H](c1cc(I)c(O)c(I)c1)C(F)F. The third kappa shape index (κ3) is 2.66. The molecule has 0 spiro atoms. The van der Waals surface area contributed by atoms with Crippen molar-refractivity contribution >= 4 is 45.2 Å². The summed E-state index contributed by atoms with van der Waals surface area (Å²) in [5.41, 5.74) is 5.63. The molecular weight excluding hydrogens is 418 g/mol. The minimum atomic E-state index is -2.59. The van der Waals surface area contributed by atoms with Crippen molar-refractivity contribution in [3.05, 3.63) is 24.8 Å². The van der Waals surface area contributed by atoms with Crippen molar-refractivity contribution in [2.24, 2.45) is 5.73 Å². The molecule has 0 aliphatic rings. The molecule has 0 saturated heterocycles. The summed E-state index contributed by atoms with van der Waals surface area (Å²) in [5.74, 6) is 0.108. The highest BCUT2D eigenvalue weighted by Crippen LogP contribution is 2.30. The summed E-state index contributed by atoms with van der Waals surface area (Å²) in [6.45, 7) is 0. The number of aromatic hydroxyl groups is 1. The summed E-state index contributed by atoms with van der Waals surface area (Å²) < 4.78 is 25.6. The smallest absolute Gasteiger partial charge is 0.257 e. The fourth-order valence-electron chi connectivity index (χ4n) is 0.923. The molecule has 3 N–H and O–H groups in total. The molecule has 0 aromatic heterocycles. The zero-order valence-corrected chi connectivity index (χ0v) is 11.2. The Morgan fingerprint density at radius 3 is 2.00 bits per heavy atom. The number of halogens is 4. The molecule has 1 aromatic carbocycles. The van der Waals surface area contributed by atoms with Crippen LogP contribution in [0, 0.1) is 7.14 Å². The Morgan fingerprint density at radius 2 is 1.64 bits per heavy atom. The molecule has 14 heavy (non-hydrogen) atoms.